The van der Waals surface area contributed by atoms with Gasteiger partial charge < -0.3 is 10.1 Å². The van der Waals surface area contributed by atoms with Gasteiger partial charge in [-0.25, -0.2) is 4.79 Å². The summed E-state index contributed by atoms with van der Waals surface area (Å²) in [6, 6.07) is 10.5. The van der Waals surface area contributed by atoms with Crippen molar-refractivity contribution in [3.05, 3.63) is 35.9 Å². The van der Waals surface area contributed by atoms with E-state index in [1.807, 2.05) is 36.9 Å². The number of amides is 1. The highest BCUT2D eigenvalue weighted by atomic mass is 16.6. The first-order valence-corrected chi connectivity index (χ1v) is 7.36. The molecule has 0 unspecified atom stereocenters. The highest BCUT2D eigenvalue weighted by Gasteiger charge is 2.50. The average Bonchev–Trinajstić information content (AvgIpc) is 2.70. The molecule has 0 bridgehead atoms. The van der Waals surface area contributed by atoms with Gasteiger partial charge in [-0.15, -0.1) is 0 Å². The van der Waals surface area contributed by atoms with Crippen molar-refractivity contribution in [2.75, 3.05) is 13.1 Å². The van der Waals surface area contributed by atoms with Crippen LogP contribution in [0.2, 0.25) is 0 Å². The summed E-state index contributed by atoms with van der Waals surface area (Å²) in [4.78, 5) is 14.3. The second-order valence-electron chi connectivity index (χ2n) is 6.17. The van der Waals surface area contributed by atoms with Gasteiger partial charge in [-0.05, 0) is 45.3 Å². The van der Waals surface area contributed by atoms with E-state index < -0.39 is 5.60 Å². The van der Waals surface area contributed by atoms with Gasteiger partial charge in [0.2, 0.25) is 0 Å². The molecule has 0 saturated carbocycles. The number of nitrogens with one attached hydrogen (secondary N) is 1. The number of carbonyl (C=O) groups is 1. The molecular formula is C16H22N2O2. The lowest BCUT2D eigenvalue weighted by Gasteiger charge is -2.36. The molecule has 2 saturated heterocycles. The Balaban J connectivity index is 1.95. The van der Waals surface area contributed by atoms with Gasteiger partial charge in [-0.3, -0.25) is 4.90 Å². The number of carbonyl (C=O) groups excluding carboxylic acids is 1. The van der Waals surface area contributed by atoms with Crippen molar-refractivity contribution in [3.8, 4) is 0 Å². The van der Waals surface area contributed by atoms with E-state index in [9.17, 15) is 4.79 Å². The first-order valence-electron chi connectivity index (χ1n) is 7.36. The van der Waals surface area contributed by atoms with Crippen LogP contribution in [0.1, 0.15) is 38.3 Å². The van der Waals surface area contributed by atoms with Crippen LogP contribution in [0.5, 0.6) is 0 Å². The summed E-state index contributed by atoms with van der Waals surface area (Å²) in [6.45, 7) is 5.94. The summed E-state index contributed by atoms with van der Waals surface area (Å²) >= 11 is 0. The zero-order valence-electron chi connectivity index (χ0n) is 12.1. The van der Waals surface area contributed by atoms with E-state index >= 15 is 0 Å². The number of nitrogens with zero attached hydrogens (tertiary/aromatic N) is 1. The predicted octanol–water partition coefficient (Wildman–Crippen LogP) is 2.71. The Hall–Kier alpha value is -1.55. The Morgan fingerprint density at radius 3 is 2.50 bits per heavy atom. The quantitative estimate of drug-likeness (QED) is 0.901. The molecule has 2 aliphatic rings. The molecule has 0 aliphatic carbocycles. The Labute approximate surface area is 120 Å². The van der Waals surface area contributed by atoms with Gasteiger partial charge in [0.05, 0.1) is 6.04 Å². The number of ether oxygens (including phenoxy) is 1. The smallest absolute Gasteiger partial charge is 0.411 e. The van der Waals surface area contributed by atoms with Gasteiger partial charge in [-0.2, -0.15) is 0 Å². The Morgan fingerprint density at radius 1 is 1.20 bits per heavy atom. The van der Waals surface area contributed by atoms with Crippen molar-refractivity contribution in [2.45, 2.75) is 44.4 Å². The number of benzene rings is 1. The molecule has 1 amide bonds. The van der Waals surface area contributed by atoms with Gasteiger partial charge >= 0.3 is 6.09 Å². The summed E-state index contributed by atoms with van der Waals surface area (Å²) in [6.07, 6.45) is 1.82. The molecule has 4 nitrogen and oxygen atoms in total. The van der Waals surface area contributed by atoms with Gasteiger partial charge in [-0.1, -0.05) is 30.3 Å². The molecule has 2 aliphatic heterocycles. The maximum absolute atomic E-state index is 12.4. The van der Waals surface area contributed by atoms with Gasteiger partial charge in [0.15, 0.2) is 0 Å². The topological polar surface area (TPSA) is 41.6 Å². The van der Waals surface area contributed by atoms with Crippen LogP contribution in [0.25, 0.3) is 0 Å². The third-order valence-corrected chi connectivity index (χ3v) is 4.32. The Bertz CT molecular complexity index is 481. The Kier molecular flexibility index (Phi) is 3.42. The van der Waals surface area contributed by atoms with Crippen LogP contribution in [0.3, 0.4) is 0 Å². The standard InChI is InChI=1S/C16H22N2O2/c1-16(2)14(12-6-4-3-5-7-12)18(15(19)20-16)13-8-10-17-11-9-13/h3-7,13-14,17H,8-11H2,1-2H3/t14-/m0/s1. The number of hydrogen-bond donors (Lipinski definition) is 1. The molecule has 0 radical (unpaired) electrons. The largest absolute Gasteiger partial charge is 0.441 e. The van der Waals surface area contributed by atoms with E-state index in [4.69, 9.17) is 4.74 Å². The molecule has 1 N–H and O–H groups in total. The molecule has 20 heavy (non-hydrogen) atoms. The molecule has 4 heteroatoms. The lowest BCUT2D eigenvalue weighted by atomic mass is 9.89. The summed E-state index contributed by atoms with van der Waals surface area (Å²) in [5, 5.41) is 3.35. The summed E-state index contributed by atoms with van der Waals surface area (Å²) in [5.74, 6) is 0. The second kappa shape index (κ2) is 5.09. The fourth-order valence-electron chi connectivity index (χ4n) is 3.42. The zero-order valence-corrected chi connectivity index (χ0v) is 12.1. The lowest BCUT2D eigenvalue weighted by Crippen LogP contribution is -2.46. The van der Waals surface area contributed by atoms with Crippen molar-refractivity contribution < 1.29 is 9.53 Å². The average molecular weight is 274 g/mol. The van der Waals surface area contributed by atoms with Crippen LogP contribution in [0.4, 0.5) is 4.79 Å². The van der Waals surface area contributed by atoms with E-state index in [2.05, 4.69) is 17.4 Å². The number of rotatable bonds is 2. The maximum Gasteiger partial charge on any atom is 0.411 e. The molecule has 0 aromatic heterocycles. The van der Waals surface area contributed by atoms with Crippen molar-refractivity contribution in [1.29, 1.82) is 0 Å². The SMILES string of the molecule is CC1(C)OC(=O)N(C2CCNCC2)[C@H]1c1ccccc1. The lowest BCUT2D eigenvalue weighted by molar-refractivity contribution is 0.0665. The first-order chi connectivity index (χ1) is 9.59. The first kappa shape index (κ1) is 13.4. The van der Waals surface area contributed by atoms with E-state index in [0.717, 1.165) is 31.5 Å². The molecule has 108 valence electrons. The highest BCUT2D eigenvalue weighted by molar-refractivity contribution is 5.72. The van der Waals surface area contributed by atoms with Gasteiger partial charge in [0.25, 0.3) is 0 Å². The molecule has 2 heterocycles. The van der Waals surface area contributed by atoms with Crippen molar-refractivity contribution in [1.82, 2.24) is 10.2 Å². The molecule has 2 fully saturated rings. The summed E-state index contributed by atoms with van der Waals surface area (Å²) < 4.78 is 5.65. The molecule has 3 rings (SSSR count). The van der Waals surface area contributed by atoms with Crippen LogP contribution >= 0.6 is 0 Å². The van der Waals surface area contributed by atoms with Crippen LogP contribution in [-0.4, -0.2) is 35.7 Å². The third-order valence-electron chi connectivity index (χ3n) is 4.32. The van der Waals surface area contributed by atoms with E-state index in [0.29, 0.717) is 0 Å². The minimum Gasteiger partial charge on any atom is -0.441 e. The van der Waals surface area contributed by atoms with Crippen LogP contribution in [0.15, 0.2) is 30.3 Å². The molecular weight excluding hydrogens is 252 g/mol. The molecule has 1 aromatic carbocycles. The Morgan fingerprint density at radius 2 is 1.85 bits per heavy atom. The maximum atomic E-state index is 12.4. The van der Waals surface area contributed by atoms with Gasteiger partial charge in [0, 0.05) is 6.04 Å². The number of hydrogen-bond acceptors (Lipinski definition) is 3. The van der Waals surface area contributed by atoms with Crippen LogP contribution in [0, 0.1) is 0 Å². The van der Waals surface area contributed by atoms with Crippen molar-refractivity contribution in [3.63, 3.8) is 0 Å². The van der Waals surface area contributed by atoms with E-state index in [1.54, 1.807) is 0 Å². The fraction of sp³-hybridized carbons (Fsp3) is 0.562. The second-order valence-corrected chi connectivity index (χ2v) is 6.17. The number of piperidine rings is 1. The minimum absolute atomic E-state index is 0.000648. The third kappa shape index (κ3) is 2.29. The van der Waals surface area contributed by atoms with Crippen molar-refractivity contribution >= 4 is 6.09 Å². The fourth-order valence-corrected chi connectivity index (χ4v) is 3.42. The van der Waals surface area contributed by atoms with Crippen molar-refractivity contribution in [2.24, 2.45) is 0 Å². The van der Waals surface area contributed by atoms with Crippen LogP contribution in [-0.2, 0) is 4.74 Å². The molecule has 1 aromatic rings. The molecule has 1 atom stereocenters. The number of cyclic esters (lactones) is 1. The normalized spacial score (nSPS) is 26.6. The predicted molar refractivity (Wildman–Crippen MR) is 77.5 cm³/mol. The summed E-state index contributed by atoms with van der Waals surface area (Å²) in [5.41, 5.74) is 0.672. The van der Waals surface area contributed by atoms with E-state index in [-0.39, 0.29) is 18.2 Å². The zero-order chi connectivity index (χ0) is 14.2. The highest BCUT2D eigenvalue weighted by Crippen LogP contribution is 2.43. The molecule has 0 spiro atoms. The van der Waals surface area contributed by atoms with E-state index in [1.165, 1.54) is 0 Å². The monoisotopic (exact) mass is 274 g/mol. The van der Waals surface area contributed by atoms with Crippen LogP contribution < -0.4 is 5.32 Å². The summed E-state index contributed by atoms with van der Waals surface area (Å²) in [7, 11) is 0. The van der Waals surface area contributed by atoms with Gasteiger partial charge in [0.1, 0.15) is 5.60 Å². The minimum atomic E-state index is -0.483.